The number of quaternary nitrogens is 1. The van der Waals surface area contributed by atoms with Gasteiger partial charge in [-0.15, -0.1) is 11.8 Å². The molecule has 136 valence electrons. The van der Waals surface area contributed by atoms with Crippen molar-refractivity contribution in [3.05, 3.63) is 24.3 Å². The molecule has 1 saturated heterocycles. The molecule has 2 amide bonds. The Balaban J connectivity index is 1.41. The molecule has 6 heteroatoms. The highest BCUT2D eigenvalue weighted by atomic mass is 32.2. The second-order valence-electron chi connectivity index (χ2n) is 7.12. The first kappa shape index (κ1) is 18.3. The van der Waals surface area contributed by atoms with Crippen LogP contribution in [-0.4, -0.2) is 50.3 Å². The molecule has 0 bridgehead atoms. The molecule has 1 fully saturated rings. The van der Waals surface area contributed by atoms with Gasteiger partial charge in [0.1, 0.15) is 6.54 Å². The zero-order chi connectivity index (χ0) is 17.6. The highest BCUT2D eigenvalue weighted by Crippen LogP contribution is 2.34. The van der Waals surface area contributed by atoms with Crippen LogP contribution in [0.3, 0.4) is 0 Å². The number of hydrogen-bond acceptors (Lipinski definition) is 3. The van der Waals surface area contributed by atoms with Crippen molar-refractivity contribution in [2.45, 2.75) is 31.1 Å². The van der Waals surface area contributed by atoms with E-state index in [4.69, 9.17) is 0 Å². The van der Waals surface area contributed by atoms with Crippen molar-refractivity contribution in [2.24, 2.45) is 5.92 Å². The smallest absolute Gasteiger partial charge is 0.240 e. The third kappa shape index (κ3) is 4.98. The van der Waals surface area contributed by atoms with Crippen LogP contribution >= 0.6 is 11.8 Å². The van der Waals surface area contributed by atoms with Crippen LogP contribution in [0.4, 0.5) is 5.69 Å². The molecule has 2 aliphatic heterocycles. The average Bonchev–Trinajstić information content (AvgIpc) is 2.63. The maximum atomic E-state index is 12.2. The van der Waals surface area contributed by atoms with Crippen molar-refractivity contribution in [2.75, 3.05) is 43.4 Å². The zero-order valence-corrected chi connectivity index (χ0v) is 15.7. The zero-order valence-electron chi connectivity index (χ0n) is 14.9. The van der Waals surface area contributed by atoms with Crippen LogP contribution < -0.4 is 15.1 Å². The first-order valence-electron chi connectivity index (χ1n) is 9.26. The summed E-state index contributed by atoms with van der Waals surface area (Å²) in [6.07, 6.45) is 3.63. The minimum absolute atomic E-state index is 0.00531. The van der Waals surface area contributed by atoms with Gasteiger partial charge in [-0.1, -0.05) is 19.1 Å². The fraction of sp³-hybridized carbons (Fsp3) is 0.579. The quantitative estimate of drug-likeness (QED) is 0.741. The summed E-state index contributed by atoms with van der Waals surface area (Å²) >= 11 is 1.54. The minimum Gasteiger partial charge on any atom is -0.354 e. The molecule has 0 radical (unpaired) electrons. The Kier molecular flexibility index (Phi) is 6.37. The number of carbonyl (C=O) groups is 2. The molecule has 0 unspecified atom stereocenters. The lowest BCUT2D eigenvalue weighted by Crippen LogP contribution is -3.13. The molecule has 0 spiro atoms. The van der Waals surface area contributed by atoms with Gasteiger partial charge in [0.15, 0.2) is 0 Å². The van der Waals surface area contributed by atoms with Crippen LogP contribution in [0.2, 0.25) is 0 Å². The van der Waals surface area contributed by atoms with Crippen molar-refractivity contribution < 1.29 is 14.5 Å². The summed E-state index contributed by atoms with van der Waals surface area (Å²) in [5, 5.41) is 2.98. The number of piperidine rings is 1. The van der Waals surface area contributed by atoms with E-state index < -0.39 is 0 Å². The summed E-state index contributed by atoms with van der Waals surface area (Å²) in [4.78, 5) is 28.8. The Morgan fingerprint density at radius 3 is 2.88 bits per heavy atom. The summed E-state index contributed by atoms with van der Waals surface area (Å²) in [6.45, 7) is 6.77. The van der Waals surface area contributed by atoms with E-state index in [1.807, 2.05) is 24.3 Å². The lowest BCUT2D eigenvalue weighted by molar-refractivity contribution is -0.906. The van der Waals surface area contributed by atoms with Gasteiger partial charge in [-0.2, -0.15) is 0 Å². The van der Waals surface area contributed by atoms with E-state index in [0.717, 1.165) is 29.5 Å². The molecule has 5 nitrogen and oxygen atoms in total. The van der Waals surface area contributed by atoms with Gasteiger partial charge in [-0.25, -0.2) is 0 Å². The van der Waals surface area contributed by atoms with E-state index in [1.54, 1.807) is 9.80 Å². The average molecular weight is 363 g/mol. The van der Waals surface area contributed by atoms with Crippen molar-refractivity contribution in [3.8, 4) is 0 Å². The van der Waals surface area contributed by atoms with E-state index in [9.17, 15) is 9.59 Å². The van der Waals surface area contributed by atoms with Crippen LogP contribution in [0.15, 0.2) is 29.2 Å². The maximum Gasteiger partial charge on any atom is 0.240 e. The van der Waals surface area contributed by atoms with Crippen LogP contribution in [-0.2, 0) is 9.59 Å². The largest absolute Gasteiger partial charge is 0.354 e. The van der Waals surface area contributed by atoms with Crippen LogP contribution in [0.1, 0.15) is 26.2 Å². The van der Waals surface area contributed by atoms with Gasteiger partial charge >= 0.3 is 0 Å². The van der Waals surface area contributed by atoms with E-state index in [2.05, 4.69) is 12.2 Å². The van der Waals surface area contributed by atoms with Crippen molar-refractivity contribution in [1.82, 2.24) is 5.32 Å². The fourth-order valence-electron chi connectivity index (χ4n) is 3.51. The summed E-state index contributed by atoms with van der Waals surface area (Å²) in [5.74, 6) is 1.20. The van der Waals surface area contributed by atoms with Gasteiger partial charge in [0.2, 0.25) is 11.8 Å². The molecule has 1 aromatic carbocycles. The Hall–Kier alpha value is -1.53. The molecular weight excluding hydrogens is 334 g/mol. The number of nitrogens with zero attached hydrogens (tertiary/aromatic N) is 1. The second kappa shape index (κ2) is 8.72. The third-order valence-corrected chi connectivity index (χ3v) is 6.17. The highest BCUT2D eigenvalue weighted by molar-refractivity contribution is 8.00. The van der Waals surface area contributed by atoms with Gasteiger partial charge in [-0.05, 0) is 30.9 Å². The Morgan fingerprint density at radius 2 is 2.08 bits per heavy atom. The summed E-state index contributed by atoms with van der Waals surface area (Å²) < 4.78 is 0. The van der Waals surface area contributed by atoms with Gasteiger partial charge in [-0.3, -0.25) is 9.59 Å². The van der Waals surface area contributed by atoms with Gasteiger partial charge < -0.3 is 15.1 Å². The number of carbonyl (C=O) groups excluding carboxylic acids is 2. The number of benzene rings is 1. The number of fused-ring (bicyclic) bond motifs is 1. The summed E-state index contributed by atoms with van der Waals surface area (Å²) in [5.41, 5.74) is 0.853. The normalized spacial score (nSPS) is 23.2. The number of nitrogens with one attached hydrogen (secondary N) is 2. The topological polar surface area (TPSA) is 53.9 Å². The number of thioether (sulfide) groups is 1. The molecule has 0 saturated carbocycles. The number of amides is 2. The van der Waals surface area contributed by atoms with Crippen molar-refractivity contribution in [3.63, 3.8) is 0 Å². The number of likely N-dealkylation sites (tertiary alicyclic amines) is 1. The molecule has 25 heavy (non-hydrogen) atoms. The monoisotopic (exact) mass is 362 g/mol. The van der Waals surface area contributed by atoms with Crippen LogP contribution in [0.25, 0.3) is 0 Å². The molecule has 0 atom stereocenters. The molecule has 3 rings (SSSR count). The Bertz CT molecular complexity index is 614. The van der Waals surface area contributed by atoms with Crippen molar-refractivity contribution in [1.29, 1.82) is 0 Å². The number of para-hydroxylation sites is 1. The Labute approximate surface area is 154 Å². The fourth-order valence-corrected chi connectivity index (χ4v) is 4.45. The van der Waals surface area contributed by atoms with Gasteiger partial charge in [0, 0.05) is 17.9 Å². The molecule has 2 heterocycles. The second-order valence-corrected chi connectivity index (χ2v) is 8.14. The molecule has 0 aliphatic carbocycles. The van der Waals surface area contributed by atoms with E-state index in [0.29, 0.717) is 12.3 Å². The molecule has 2 N–H and O–H groups in total. The number of hydrogen-bond donors (Lipinski definition) is 2. The van der Waals surface area contributed by atoms with E-state index >= 15 is 0 Å². The SMILES string of the molecule is CC1CC[NH+](CCCNC(=O)CN2C(=O)CSc3ccccc32)CC1. The Morgan fingerprint density at radius 1 is 1.32 bits per heavy atom. The first-order chi connectivity index (χ1) is 12.1. The predicted octanol–water partition coefficient (Wildman–Crippen LogP) is 0.946. The highest BCUT2D eigenvalue weighted by Gasteiger charge is 2.26. The van der Waals surface area contributed by atoms with Crippen molar-refractivity contribution >= 4 is 29.3 Å². The number of rotatable bonds is 6. The first-order valence-corrected chi connectivity index (χ1v) is 10.2. The standard InChI is InChI=1S/C19H27N3O2S/c1-15-7-11-21(12-8-15)10-4-9-20-18(23)13-22-16-5-2-3-6-17(16)25-14-19(22)24/h2-3,5-6,15H,4,7-14H2,1H3,(H,20,23)/p+1. The van der Waals surface area contributed by atoms with Gasteiger partial charge in [0.05, 0.1) is 31.1 Å². The molecule has 0 aromatic heterocycles. The third-order valence-electron chi connectivity index (χ3n) is 5.12. The van der Waals surface area contributed by atoms with Gasteiger partial charge in [0.25, 0.3) is 0 Å². The summed E-state index contributed by atoms with van der Waals surface area (Å²) in [6, 6.07) is 7.78. The van der Waals surface area contributed by atoms with Crippen LogP contribution in [0.5, 0.6) is 0 Å². The molecule has 2 aliphatic rings. The van der Waals surface area contributed by atoms with Crippen LogP contribution in [0, 0.1) is 5.92 Å². The lowest BCUT2D eigenvalue weighted by Gasteiger charge is -2.28. The lowest BCUT2D eigenvalue weighted by atomic mass is 9.99. The molecule has 1 aromatic rings. The number of anilines is 1. The summed E-state index contributed by atoms with van der Waals surface area (Å²) in [7, 11) is 0. The minimum atomic E-state index is -0.0719. The maximum absolute atomic E-state index is 12.2. The molecular formula is C19H28N3O2S+. The van der Waals surface area contributed by atoms with E-state index in [1.165, 1.54) is 37.7 Å². The predicted molar refractivity (Wildman–Crippen MR) is 101 cm³/mol. The van der Waals surface area contributed by atoms with E-state index in [-0.39, 0.29) is 18.4 Å².